The van der Waals surface area contributed by atoms with Crippen molar-refractivity contribution in [2.24, 2.45) is 5.92 Å². The first kappa shape index (κ1) is 24.5. The van der Waals surface area contributed by atoms with Gasteiger partial charge in [-0.05, 0) is 56.2 Å². The smallest absolute Gasteiger partial charge is 0.243 e. The molecule has 10 heteroatoms. The van der Waals surface area contributed by atoms with E-state index in [9.17, 15) is 13.2 Å². The second-order valence-corrected chi connectivity index (χ2v) is 11.5. The van der Waals surface area contributed by atoms with Crippen LogP contribution in [0.15, 0.2) is 76.2 Å². The summed E-state index contributed by atoms with van der Waals surface area (Å²) in [5, 5.41) is 0.529. The van der Waals surface area contributed by atoms with E-state index >= 15 is 0 Å². The van der Waals surface area contributed by atoms with Gasteiger partial charge in [0.15, 0.2) is 5.13 Å². The molecule has 1 atom stereocenters. The summed E-state index contributed by atoms with van der Waals surface area (Å²) < 4.78 is 40.1. The van der Waals surface area contributed by atoms with Gasteiger partial charge in [-0.15, -0.1) is 0 Å². The van der Waals surface area contributed by atoms with Gasteiger partial charge in [-0.2, -0.15) is 4.31 Å². The van der Waals surface area contributed by atoms with E-state index in [4.69, 9.17) is 14.1 Å². The number of piperidine rings is 1. The molecule has 1 aliphatic heterocycles. The second-order valence-electron chi connectivity index (χ2n) is 8.55. The van der Waals surface area contributed by atoms with Gasteiger partial charge < -0.3 is 9.15 Å². The molecule has 0 aliphatic carbocycles. The average Bonchev–Trinajstić information content (AvgIpc) is 3.58. The molecule has 0 N–H and O–H groups in total. The molecule has 1 aliphatic rings. The van der Waals surface area contributed by atoms with Crippen LogP contribution in [0.2, 0.25) is 0 Å². The maximum Gasteiger partial charge on any atom is 0.243 e. The highest BCUT2D eigenvalue weighted by Crippen LogP contribution is 2.36. The van der Waals surface area contributed by atoms with Gasteiger partial charge in [0, 0.05) is 13.1 Å². The Kier molecular flexibility index (Phi) is 7.08. The van der Waals surface area contributed by atoms with Crippen molar-refractivity contribution in [1.82, 2.24) is 9.29 Å². The van der Waals surface area contributed by atoms with E-state index in [1.807, 2.05) is 31.2 Å². The first-order valence-corrected chi connectivity index (χ1v) is 14.1. The molecule has 5 rings (SSSR count). The number of para-hydroxylation sites is 1. The lowest BCUT2D eigenvalue weighted by Crippen LogP contribution is -2.46. The van der Waals surface area contributed by atoms with E-state index in [1.165, 1.54) is 15.6 Å². The minimum atomic E-state index is -3.69. The predicted octanol–water partition coefficient (Wildman–Crippen LogP) is 4.92. The van der Waals surface area contributed by atoms with Crippen molar-refractivity contribution >= 4 is 42.6 Å². The van der Waals surface area contributed by atoms with Gasteiger partial charge in [0.1, 0.15) is 17.0 Å². The lowest BCUT2D eigenvalue weighted by atomic mass is 9.98. The van der Waals surface area contributed by atoms with Crippen LogP contribution < -0.4 is 9.64 Å². The molecular weight excluding hydrogens is 498 g/mol. The molecule has 1 saturated heterocycles. The quantitative estimate of drug-likeness (QED) is 0.324. The Morgan fingerprint density at radius 2 is 2.00 bits per heavy atom. The predicted molar refractivity (Wildman–Crippen MR) is 139 cm³/mol. The standard InChI is InChI=1S/C26H27N3O5S2/c1-2-33-22-13-6-14-23-24(22)27-26(35-23)29(18-20-10-8-16-34-20)25(30)19-9-7-15-28(17-19)36(31,32)21-11-4-3-5-12-21/h3-6,8,10-14,16,19H,2,7,9,15,17-18H2,1H3. The molecule has 188 valence electrons. The molecular formula is C26H27N3O5S2. The number of ether oxygens (including phenoxy) is 1. The van der Waals surface area contributed by atoms with Crippen LogP contribution in [-0.4, -0.2) is 43.3 Å². The van der Waals surface area contributed by atoms with Gasteiger partial charge in [0.05, 0.1) is 34.9 Å². The Morgan fingerprint density at radius 1 is 1.17 bits per heavy atom. The number of thiazole rings is 1. The number of amides is 1. The number of hydrogen-bond acceptors (Lipinski definition) is 7. The highest BCUT2D eigenvalue weighted by molar-refractivity contribution is 7.89. The Bertz CT molecular complexity index is 1440. The highest BCUT2D eigenvalue weighted by Gasteiger charge is 2.36. The zero-order valence-electron chi connectivity index (χ0n) is 19.9. The normalized spacial score (nSPS) is 16.8. The van der Waals surface area contributed by atoms with Gasteiger partial charge >= 0.3 is 0 Å². The van der Waals surface area contributed by atoms with Crippen LogP contribution in [-0.2, 0) is 21.4 Å². The summed E-state index contributed by atoms with van der Waals surface area (Å²) in [5.41, 5.74) is 0.702. The number of nitrogens with zero attached hydrogens (tertiary/aromatic N) is 3. The zero-order chi connectivity index (χ0) is 25.1. The van der Waals surface area contributed by atoms with Gasteiger partial charge in [-0.1, -0.05) is 35.6 Å². The molecule has 2 aromatic heterocycles. The molecule has 1 fully saturated rings. The van der Waals surface area contributed by atoms with Gasteiger partial charge in [0.25, 0.3) is 0 Å². The SMILES string of the molecule is CCOc1cccc2sc(N(Cc3ccco3)C(=O)C3CCCN(S(=O)(=O)c4ccccc4)C3)nc12. The van der Waals surface area contributed by atoms with Crippen molar-refractivity contribution < 1.29 is 22.4 Å². The van der Waals surface area contributed by atoms with E-state index in [0.717, 1.165) is 4.70 Å². The van der Waals surface area contributed by atoms with Crippen LogP contribution in [0, 0.1) is 5.92 Å². The highest BCUT2D eigenvalue weighted by atomic mass is 32.2. The Hall–Kier alpha value is -3.21. The number of benzene rings is 2. The Balaban J connectivity index is 1.46. The zero-order valence-corrected chi connectivity index (χ0v) is 21.5. The second kappa shape index (κ2) is 10.4. The van der Waals surface area contributed by atoms with Crippen LogP contribution in [0.1, 0.15) is 25.5 Å². The fourth-order valence-electron chi connectivity index (χ4n) is 4.42. The van der Waals surface area contributed by atoms with E-state index in [1.54, 1.807) is 47.6 Å². The molecule has 4 aromatic rings. The van der Waals surface area contributed by atoms with Crippen molar-refractivity contribution in [3.63, 3.8) is 0 Å². The lowest BCUT2D eigenvalue weighted by Gasteiger charge is -2.33. The molecule has 0 spiro atoms. The first-order valence-electron chi connectivity index (χ1n) is 11.9. The minimum absolute atomic E-state index is 0.125. The van der Waals surface area contributed by atoms with Crippen LogP contribution in [0.25, 0.3) is 10.2 Å². The third-order valence-electron chi connectivity index (χ3n) is 6.18. The minimum Gasteiger partial charge on any atom is -0.492 e. The van der Waals surface area contributed by atoms with Crippen molar-refractivity contribution in [1.29, 1.82) is 0 Å². The van der Waals surface area contributed by atoms with Crippen LogP contribution in [0.4, 0.5) is 5.13 Å². The van der Waals surface area contributed by atoms with Crippen molar-refractivity contribution in [3.8, 4) is 5.75 Å². The summed E-state index contributed by atoms with van der Waals surface area (Å²) >= 11 is 1.40. The topological polar surface area (TPSA) is 93.0 Å². The molecule has 36 heavy (non-hydrogen) atoms. The average molecular weight is 526 g/mol. The van der Waals surface area contributed by atoms with E-state index in [-0.39, 0.29) is 23.9 Å². The largest absolute Gasteiger partial charge is 0.492 e. The Labute approximate surface area is 214 Å². The summed E-state index contributed by atoms with van der Waals surface area (Å²) in [5.74, 6) is 0.625. The maximum absolute atomic E-state index is 13.9. The number of carbonyl (C=O) groups excluding carboxylic acids is 1. The molecule has 0 bridgehead atoms. The molecule has 8 nitrogen and oxygen atoms in total. The maximum atomic E-state index is 13.9. The van der Waals surface area contributed by atoms with Gasteiger partial charge in [-0.25, -0.2) is 13.4 Å². The first-order chi connectivity index (χ1) is 17.5. The fourth-order valence-corrected chi connectivity index (χ4v) is 6.95. The summed E-state index contributed by atoms with van der Waals surface area (Å²) in [7, 11) is -3.69. The van der Waals surface area contributed by atoms with Crippen molar-refractivity contribution in [2.75, 3.05) is 24.6 Å². The monoisotopic (exact) mass is 525 g/mol. The van der Waals surface area contributed by atoms with Crippen LogP contribution in [0.3, 0.4) is 0 Å². The molecule has 3 heterocycles. The fraction of sp³-hybridized carbons (Fsp3) is 0.308. The van der Waals surface area contributed by atoms with E-state index < -0.39 is 15.9 Å². The van der Waals surface area contributed by atoms with Crippen molar-refractivity contribution in [3.05, 3.63) is 72.7 Å². The molecule has 1 unspecified atom stereocenters. The number of anilines is 1. The molecule has 1 amide bonds. The summed E-state index contributed by atoms with van der Waals surface area (Å²) in [6, 6.07) is 17.7. The van der Waals surface area contributed by atoms with E-state index in [0.29, 0.717) is 48.2 Å². The Morgan fingerprint density at radius 3 is 2.75 bits per heavy atom. The van der Waals surface area contributed by atoms with Crippen LogP contribution in [0.5, 0.6) is 5.75 Å². The number of fused-ring (bicyclic) bond motifs is 1. The molecule has 0 radical (unpaired) electrons. The number of sulfonamides is 1. The molecule has 2 aromatic carbocycles. The van der Waals surface area contributed by atoms with Gasteiger partial charge in [-0.3, -0.25) is 9.69 Å². The summed E-state index contributed by atoms with van der Waals surface area (Å²) in [4.78, 5) is 20.5. The third-order valence-corrected chi connectivity index (χ3v) is 9.10. The van der Waals surface area contributed by atoms with Crippen LogP contribution >= 0.6 is 11.3 Å². The van der Waals surface area contributed by atoms with Gasteiger partial charge in [0.2, 0.25) is 15.9 Å². The number of aromatic nitrogens is 1. The van der Waals surface area contributed by atoms with E-state index in [2.05, 4.69) is 0 Å². The number of hydrogen-bond donors (Lipinski definition) is 0. The molecule has 0 saturated carbocycles. The van der Waals surface area contributed by atoms with Crippen molar-refractivity contribution in [2.45, 2.75) is 31.2 Å². The number of rotatable bonds is 8. The lowest BCUT2D eigenvalue weighted by molar-refractivity contribution is -0.123. The third kappa shape index (κ3) is 4.88. The summed E-state index contributed by atoms with van der Waals surface area (Å²) in [6.45, 7) is 3.14. The number of furan rings is 1. The number of carbonyl (C=O) groups is 1. The summed E-state index contributed by atoms with van der Waals surface area (Å²) in [6.07, 6.45) is 2.77.